The Morgan fingerprint density at radius 2 is 2.04 bits per heavy atom. The fourth-order valence-electron chi connectivity index (χ4n) is 2.75. The monoisotopic (exact) mass is 318 g/mol. The Morgan fingerprint density at radius 3 is 2.78 bits per heavy atom. The third kappa shape index (κ3) is 2.04. The van der Waals surface area contributed by atoms with Gasteiger partial charge >= 0.3 is 0 Å². The number of ether oxygens (including phenoxy) is 1. The van der Waals surface area contributed by atoms with Crippen molar-refractivity contribution >= 4 is 28.0 Å². The summed E-state index contributed by atoms with van der Waals surface area (Å²) >= 11 is 0. The lowest BCUT2D eigenvalue weighted by atomic mass is 10.1. The van der Waals surface area contributed by atoms with Gasteiger partial charge in [0.2, 0.25) is 0 Å². The summed E-state index contributed by atoms with van der Waals surface area (Å²) in [6.07, 6.45) is -1.43. The number of hydrogen-bond acceptors (Lipinski definition) is 9. The Morgan fingerprint density at radius 1 is 1.22 bits per heavy atom. The van der Waals surface area contributed by atoms with Gasteiger partial charge in [0, 0.05) is 0 Å². The van der Waals surface area contributed by atoms with Gasteiger partial charge in [-0.15, -0.1) is 0 Å². The average molecular weight is 318 g/mol. The van der Waals surface area contributed by atoms with Crippen molar-refractivity contribution < 1.29 is 20.1 Å². The Hall–Kier alpha value is -2.40. The van der Waals surface area contributed by atoms with Gasteiger partial charge in [0.25, 0.3) is 0 Å². The number of pyridine rings is 1. The maximum absolute atomic E-state index is 10.1. The number of hydrogen-bond donors (Lipinski definition) is 4. The number of nitrogens with two attached hydrogens (primary N) is 1. The highest BCUT2D eigenvalue weighted by Gasteiger charge is 2.43. The minimum atomic E-state index is -1.21. The van der Waals surface area contributed by atoms with E-state index in [0.29, 0.717) is 28.0 Å². The molecule has 1 aliphatic rings. The summed E-state index contributed by atoms with van der Waals surface area (Å²) in [7, 11) is 0. The number of nitrogens with zero attached hydrogens (tertiary/aromatic N) is 5. The van der Waals surface area contributed by atoms with Gasteiger partial charge < -0.3 is 25.8 Å². The third-order valence-corrected chi connectivity index (χ3v) is 3.97. The average Bonchev–Trinajstić information content (AvgIpc) is 3.08. The van der Waals surface area contributed by atoms with Gasteiger partial charge in [0.1, 0.15) is 36.0 Å². The van der Waals surface area contributed by atoms with Gasteiger partial charge in [0.05, 0.1) is 18.3 Å². The molecule has 0 amide bonds. The van der Waals surface area contributed by atoms with Gasteiger partial charge in [-0.3, -0.25) is 4.57 Å². The summed E-state index contributed by atoms with van der Waals surface area (Å²) in [5, 5.41) is 29.8. The van der Waals surface area contributed by atoms with Crippen LogP contribution in [0.2, 0.25) is 0 Å². The molecule has 0 bridgehead atoms. The summed E-state index contributed by atoms with van der Waals surface area (Å²) in [6.45, 7) is -0.401. The molecule has 4 atom stereocenters. The molecule has 3 aromatic heterocycles. The molecule has 10 heteroatoms. The first-order valence-electron chi connectivity index (χ1n) is 6.96. The molecule has 23 heavy (non-hydrogen) atoms. The highest BCUT2D eigenvalue weighted by Crippen LogP contribution is 2.32. The van der Waals surface area contributed by atoms with Crippen LogP contribution >= 0.6 is 0 Å². The van der Waals surface area contributed by atoms with Crippen molar-refractivity contribution in [3.63, 3.8) is 0 Å². The van der Waals surface area contributed by atoms with E-state index in [9.17, 15) is 15.3 Å². The quantitative estimate of drug-likeness (QED) is 0.445. The van der Waals surface area contributed by atoms with Crippen molar-refractivity contribution in [1.29, 1.82) is 0 Å². The molecular formula is C13H14N6O4. The lowest BCUT2D eigenvalue weighted by molar-refractivity contribution is -0.0511. The molecule has 1 saturated heterocycles. The molecule has 0 aliphatic carbocycles. The lowest BCUT2D eigenvalue weighted by Crippen LogP contribution is -2.33. The highest BCUT2D eigenvalue weighted by molar-refractivity contribution is 5.93. The molecule has 0 spiro atoms. The number of aliphatic hydroxyl groups is 3. The Balaban J connectivity index is 1.85. The first-order valence-corrected chi connectivity index (χ1v) is 6.96. The number of rotatable bonds is 2. The van der Waals surface area contributed by atoms with Crippen LogP contribution in [0.25, 0.3) is 22.2 Å². The SMILES string of the molecule is Nc1ncnc2nc3c(cc12)ncn3[C@@H]1O[C@H](CO)[C@@H](O)[C@H]1O. The van der Waals surface area contributed by atoms with Crippen molar-refractivity contribution in [3.8, 4) is 0 Å². The van der Waals surface area contributed by atoms with E-state index >= 15 is 0 Å². The molecular weight excluding hydrogens is 304 g/mol. The van der Waals surface area contributed by atoms with Crippen LogP contribution in [0.5, 0.6) is 0 Å². The van der Waals surface area contributed by atoms with Gasteiger partial charge in [-0.1, -0.05) is 0 Å². The maximum Gasteiger partial charge on any atom is 0.167 e. The summed E-state index contributed by atoms with van der Waals surface area (Å²) in [4.78, 5) is 16.6. The molecule has 3 aromatic rings. The number of aliphatic hydroxyl groups excluding tert-OH is 3. The second-order valence-electron chi connectivity index (χ2n) is 5.34. The molecule has 1 fully saturated rings. The van der Waals surface area contributed by atoms with E-state index in [4.69, 9.17) is 10.5 Å². The number of nitrogen functional groups attached to an aromatic ring is 1. The molecule has 0 radical (unpaired) electrons. The molecule has 0 unspecified atom stereocenters. The van der Waals surface area contributed by atoms with E-state index < -0.39 is 31.1 Å². The fraction of sp³-hybridized carbons (Fsp3) is 0.385. The maximum atomic E-state index is 10.1. The predicted octanol–water partition coefficient (Wildman–Crippen LogP) is -1.43. The first-order chi connectivity index (χ1) is 11.1. The Kier molecular flexibility index (Phi) is 3.13. The fourth-order valence-corrected chi connectivity index (χ4v) is 2.75. The number of anilines is 1. The zero-order chi connectivity index (χ0) is 16.1. The Bertz CT molecular complexity index is 883. The van der Waals surface area contributed by atoms with E-state index in [1.165, 1.54) is 17.2 Å². The van der Waals surface area contributed by atoms with Gasteiger partial charge in [0.15, 0.2) is 17.5 Å². The van der Waals surface area contributed by atoms with Crippen molar-refractivity contribution in [3.05, 3.63) is 18.7 Å². The second-order valence-corrected chi connectivity index (χ2v) is 5.34. The summed E-state index contributed by atoms with van der Waals surface area (Å²) in [6, 6.07) is 1.70. The minimum absolute atomic E-state index is 0.298. The highest BCUT2D eigenvalue weighted by atomic mass is 16.6. The van der Waals surface area contributed by atoms with Crippen LogP contribution in [0.4, 0.5) is 5.82 Å². The summed E-state index contributed by atoms with van der Waals surface area (Å²) < 4.78 is 7.00. The van der Waals surface area contributed by atoms with E-state index in [1.54, 1.807) is 6.07 Å². The van der Waals surface area contributed by atoms with Crippen LogP contribution in [0, 0.1) is 0 Å². The third-order valence-electron chi connectivity index (χ3n) is 3.97. The first kappa shape index (κ1) is 14.2. The predicted molar refractivity (Wildman–Crippen MR) is 78.0 cm³/mol. The van der Waals surface area contributed by atoms with Crippen LogP contribution in [0.15, 0.2) is 18.7 Å². The number of aromatic nitrogens is 5. The standard InChI is InChI=1S/C13H14N6O4/c14-10-5-1-6-12(18-11(5)16-3-15-10)19(4-17-6)13-9(22)8(21)7(2-20)23-13/h1,3-4,7-9,13,20-22H,2H2,(H2,14,15,16,18)/t7-,8-,9-,13-/m1/s1. The van der Waals surface area contributed by atoms with Crippen LogP contribution in [0.3, 0.4) is 0 Å². The zero-order valence-electron chi connectivity index (χ0n) is 11.8. The summed E-state index contributed by atoms with van der Waals surface area (Å²) in [5.41, 5.74) is 7.14. The largest absolute Gasteiger partial charge is 0.394 e. The smallest absolute Gasteiger partial charge is 0.167 e. The molecule has 5 N–H and O–H groups in total. The molecule has 4 rings (SSSR count). The number of imidazole rings is 1. The van der Waals surface area contributed by atoms with E-state index in [-0.39, 0.29) is 0 Å². The van der Waals surface area contributed by atoms with Crippen molar-refractivity contribution in [2.75, 3.05) is 12.3 Å². The molecule has 0 aromatic carbocycles. The topological polar surface area (TPSA) is 152 Å². The van der Waals surface area contributed by atoms with Crippen molar-refractivity contribution in [1.82, 2.24) is 24.5 Å². The molecule has 4 heterocycles. The Labute approximate surface area is 129 Å². The van der Waals surface area contributed by atoms with Crippen molar-refractivity contribution in [2.24, 2.45) is 0 Å². The summed E-state index contributed by atoms with van der Waals surface area (Å²) in [5.74, 6) is 0.298. The normalized spacial score (nSPS) is 28.0. The van der Waals surface area contributed by atoms with Gasteiger partial charge in [-0.2, -0.15) is 0 Å². The van der Waals surface area contributed by atoms with Crippen LogP contribution < -0.4 is 5.73 Å². The van der Waals surface area contributed by atoms with E-state index in [0.717, 1.165) is 0 Å². The molecule has 10 nitrogen and oxygen atoms in total. The lowest BCUT2D eigenvalue weighted by Gasteiger charge is -2.16. The molecule has 0 saturated carbocycles. The molecule has 1 aliphatic heterocycles. The van der Waals surface area contributed by atoms with Crippen LogP contribution in [-0.4, -0.2) is 64.7 Å². The number of fused-ring (bicyclic) bond motifs is 2. The van der Waals surface area contributed by atoms with Crippen molar-refractivity contribution in [2.45, 2.75) is 24.5 Å². The zero-order valence-corrected chi connectivity index (χ0v) is 11.8. The second kappa shape index (κ2) is 5.06. The van der Waals surface area contributed by atoms with E-state index in [2.05, 4.69) is 19.9 Å². The van der Waals surface area contributed by atoms with Crippen LogP contribution in [-0.2, 0) is 4.74 Å². The minimum Gasteiger partial charge on any atom is -0.394 e. The molecule has 120 valence electrons. The van der Waals surface area contributed by atoms with Gasteiger partial charge in [-0.25, -0.2) is 19.9 Å². The van der Waals surface area contributed by atoms with Crippen LogP contribution in [0.1, 0.15) is 6.23 Å². The van der Waals surface area contributed by atoms with E-state index in [1.807, 2.05) is 0 Å². The van der Waals surface area contributed by atoms with Gasteiger partial charge in [-0.05, 0) is 6.07 Å².